The molecule has 0 aromatic carbocycles. The lowest BCUT2D eigenvalue weighted by Crippen LogP contribution is -2.18. The molecule has 2 heterocycles. The number of halogens is 2. The van der Waals surface area contributed by atoms with Crippen molar-refractivity contribution in [3.63, 3.8) is 0 Å². The van der Waals surface area contributed by atoms with Gasteiger partial charge in [0, 0.05) is 18.8 Å². The van der Waals surface area contributed by atoms with Crippen LogP contribution in [0, 0.1) is 0 Å². The molecule has 0 amide bonds. The fourth-order valence-electron chi connectivity index (χ4n) is 1.52. The standard InChI is InChI=1S/C12H12Cl2N2S/c1-8(10-6-11(13)17-12(10)14)16-7-9-4-2-3-5-15-9/h2-6,8,16H,7H2,1H3. The molecule has 0 fully saturated rings. The van der Waals surface area contributed by atoms with Crippen LogP contribution < -0.4 is 5.32 Å². The molecule has 0 radical (unpaired) electrons. The molecule has 0 saturated heterocycles. The number of rotatable bonds is 4. The van der Waals surface area contributed by atoms with Crippen LogP contribution in [-0.2, 0) is 6.54 Å². The zero-order chi connectivity index (χ0) is 12.3. The van der Waals surface area contributed by atoms with E-state index in [1.165, 1.54) is 11.3 Å². The number of hydrogen-bond acceptors (Lipinski definition) is 3. The molecule has 1 unspecified atom stereocenters. The molecule has 0 aliphatic rings. The second-order valence-corrected chi connectivity index (χ2v) is 5.99. The van der Waals surface area contributed by atoms with Crippen molar-refractivity contribution in [3.8, 4) is 0 Å². The highest BCUT2D eigenvalue weighted by atomic mass is 35.5. The van der Waals surface area contributed by atoms with Crippen LogP contribution in [0.5, 0.6) is 0 Å². The fourth-order valence-corrected chi connectivity index (χ4v) is 3.16. The minimum Gasteiger partial charge on any atom is -0.304 e. The maximum Gasteiger partial charge on any atom is 0.0991 e. The number of nitrogens with one attached hydrogen (secondary N) is 1. The molecular weight excluding hydrogens is 275 g/mol. The van der Waals surface area contributed by atoms with Gasteiger partial charge in [-0.05, 0) is 30.7 Å². The van der Waals surface area contributed by atoms with E-state index in [-0.39, 0.29) is 6.04 Å². The van der Waals surface area contributed by atoms with Gasteiger partial charge in [-0.1, -0.05) is 29.3 Å². The van der Waals surface area contributed by atoms with E-state index in [2.05, 4.69) is 17.2 Å². The molecule has 0 aliphatic carbocycles. The third-order valence-corrected chi connectivity index (χ3v) is 3.98. The Morgan fingerprint density at radius 1 is 1.41 bits per heavy atom. The summed E-state index contributed by atoms with van der Waals surface area (Å²) in [7, 11) is 0. The molecule has 0 aliphatic heterocycles. The molecule has 1 N–H and O–H groups in total. The van der Waals surface area contributed by atoms with Gasteiger partial charge in [-0.3, -0.25) is 4.98 Å². The van der Waals surface area contributed by atoms with Crippen LogP contribution >= 0.6 is 34.5 Å². The number of aromatic nitrogens is 1. The summed E-state index contributed by atoms with van der Waals surface area (Å²) in [6.07, 6.45) is 1.79. The van der Waals surface area contributed by atoms with E-state index in [0.29, 0.717) is 6.54 Å². The minimum absolute atomic E-state index is 0.160. The molecule has 0 spiro atoms. The smallest absolute Gasteiger partial charge is 0.0991 e. The Balaban J connectivity index is 1.98. The van der Waals surface area contributed by atoms with Crippen LogP contribution in [0.3, 0.4) is 0 Å². The van der Waals surface area contributed by atoms with E-state index in [4.69, 9.17) is 23.2 Å². The lowest BCUT2D eigenvalue weighted by molar-refractivity contribution is 0.569. The average molecular weight is 287 g/mol. The van der Waals surface area contributed by atoms with Crippen molar-refractivity contribution >= 4 is 34.5 Å². The van der Waals surface area contributed by atoms with Crippen LogP contribution in [0.1, 0.15) is 24.2 Å². The number of hydrogen-bond donors (Lipinski definition) is 1. The van der Waals surface area contributed by atoms with Gasteiger partial charge in [0.15, 0.2) is 0 Å². The summed E-state index contributed by atoms with van der Waals surface area (Å²) in [4.78, 5) is 4.25. The molecule has 2 aromatic heterocycles. The van der Waals surface area contributed by atoms with Crippen molar-refractivity contribution in [2.24, 2.45) is 0 Å². The van der Waals surface area contributed by atoms with Gasteiger partial charge in [-0.2, -0.15) is 0 Å². The van der Waals surface area contributed by atoms with Crippen molar-refractivity contribution in [3.05, 3.63) is 50.4 Å². The molecule has 2 aromatic rings. The zero-order valence-corrected chi connectivity index (χ0v) is 11.6. The van der Waals surface area contributed by atoms with E-state index in [1.807, 2.05) is 24.3 Å². The normalized spacial score (nSPS) is 12.6. The van der Waals surface area contributed by atoms with Crippen LogP contribution in [-0.4, -0.2) is 4.98 Å². The van der Waals surface area contributed by atoms with Crippen LogP contribution in [0.2, 0.25) is 8.67 Å². The predicted octanol–water partition coefficient (Wildman–Crippen LogP) is 4.30. The van der Waals surface area contributed by atoms with Gasteiger partial charge in [-0.15, -0.1) is 11.3 Å². The Bertz CT molecular complexity index is 485. The van der Waals surface area contributed by atoms with Gasteiger partial charge in [0.2, 0.25) is 0 Å². The molecular formula is C12H12Cl2N2S. The first kappa shape index (κ1) is 12.8. The summed E-state index contributed by atoms with van der Waals surface area (Å²) in [5, 5.41) is 3.37. The first-order valence-corrected chi connectivity index (χ1v) is 6.82. The molecule has 2 rings (SSSR count). The molecule has 1 atom stereocenters. The first-order chi connectivity index (χ1) is 8.16. The molecule has 0 saturated carbocycles. The topological polar surface area (TPSA) is 24.9 Å². The molecule has 0 bridgehead atoms. The highest BCUT2D eigenvalue weighted by Crippen LogP contribution is 2.34. The van der Waals surface area contributed by atoms with E-state index in [9.17, 15) is 0 Å². The van der Waals surface area contributed by atoms with Gasteiger partial charge in [-0.25, -0.2) is 0 Å². The summed E-state index contributed by atoms with van der Waals surface area (Å²) in [6.45, 7) is 2.78. The van der Waals surface area contributed by atoms with Crippen LogP contribution in [0.4, 0.5) is 0 Å². The van der Waals surface area contributed by atoms with E-state index in [0.717, 1.165) is 19.9 Å². The Hall–Kier alpha value is -0.610. The van der Waals surface area contributed by atoms with Gasteiger partial charge < -0.3 is 5.32 Å². The maximum absolute atomic E-state index is 6.10. The van der Waals surface area contributed by atoms with Gasteiger partial charge >= 0.3 is 0 Å². The number of pyridine rings is 1. The minimum atomic E-state index is 0.160. The third-order valence-electron chi connectivity index (χ3n) is 2.47. The van der Waals surface area contributed by atoms with Gasteiger partial charge in [0.1, 0.15) is 0 Å². The van der Waals surface area contributed by atoms with Gasteiger partial charge in [0.25, 0.3) is 0 Å². The van der Waals surface area contributed by atoms with Crippen LogP contribution in [0.25, 0.3) is 0 Å². The van der Waals surface area contributed by atoms with Crippen molar-refractivity contribution in [2.45, 2.75) is 19.5 Å². The molecule has 17 heavy (non-hydrogen) atoms. The first-order valence-electron chi connectivity index (χ1n) is 5.25. The largest absolute Gasteiger partial charge is 0.304 e. The number of nitrogens with zero attached hydrogens (tertiary/aromatic N) is 1. The lowest BCUT2D eigenvalue weighted by Gasteiger charge is -2.12. The van der Waals surface area contributed by atoms with Crippen molar-refractivity contribution in [2.75, 3.05) is 0 Å². The van der Waals surface area contributed by atoms with Crippen molar-refractivity contribution < 1.29 is 0 Å². The van der Waals surface area contributed by atoms with E-state index < -0.39 is 0 Å². The summed E-state index contributed by atoms with van der Waals surface area (Å²) in [6, 6.07) is 7.94. The molecule has 90 valence electrons. The Morgan fingerprint density at radius 3 is 2.82 bits per heavy atom. The van der Waals surface area contributed by atoms with E-state index >= 15 is 0 Å². The summed E-state index contributed by atoms with van der Waals surface area (Å²) in [5.74, 6) is 0. The SMILES string of the molecule is CC(NCc1ccccn1)c1cc(Cl)sc1Cl. The fraction of sp³-hybridized carbons (Fsp3) is 0.250. The predicted molar refractivity (Wildman–Crippen MR) is 73.8 cm³/mol. The highest BCUT2D eigenvalue weighted by molar-refractivity contribution is 7.20. The quantitative estimate of drug-likeness (QED) is 0.906. The van der Waals surface area contributed by atoms with Crippen molar-refractivity contribution in [1.82, 2.24) is 10.3 Å². The molecule has 5 heteroatoms. The maximum atomic E-state index is 6.10. The van der Waals surface area contributed by atoms with Crippen molar-refractivity contribution in [1.29, 1.82) is 0 Å². The van der Waals surface area contributed by atoms with Crippen LogP contribution in [0.15, 0.2) is 30.5 Å². The molecule has 2 nitrogen and oxygen atoms in total. The third kappa shape index (κ3) is 3.42. The number of thiophene rings is 1. The second kappa shape index (κ2) is 5.83. The Morgan fingerprint density at radius 2 is 2.24 bits per heavy atom. The zero-order valence-electron chi connectivity index (χ0n) is 9.28. The summed E-state index contributed by atoms with van der Waals surface area (Å²) < 4.78 is 1.47. The Labute approximate surface area is 115 Å². The summed E-state index contributed by atoms with van der Waals surface area (Å²) >= 11 is 13.4. The lowest BCUT2D eigenvalue weighted by atomic mass is 10.2. The van der Waals surface area contributed by atoms with E-state index in [1.54, 1.807) is 6.20 Å². The van der Waals surface area contributed by atoms with Gasteiger partial charge in [0.05, 0.1) is 14.4 Å². The Kier molecular flexibility index (Phi) is 4.40. The second-order valence-electron chi connectivity index (χ2n) is 3.70. The average Bonchev–Trinajstić information content (AvgIpc) is 2.67. The summed E-state index contributed by atoms with van der Waals surface area (Å²) in [5.41, 5.74) is 2.05. The highest BCUT2D eigenvalue weighted by Gasteiger charge is 2.12. The monoisotopic (exact) mass is 286 g/mol.